The summed E-state index contributed by atoms with van der Waals surface area (Å²) in [6.07, 6.45) is 0.529. The van der Waals surface area contributed by atoms with Crippen LogP contribution in [0.5, 0.6) is 0 Å². The zero-order valence-electron chi connectivity index (χ0n) is 8.02. The predicted molar refractivity (Wildman–Crippen MR) is 62.5 cm³/mol. The van der Waals surface area contributed by atoms with Gasteiger partial charge in [-0.05, 0) is 24.1 Å². The first-order chi connectivity index (χ1) is 6.59. The van der Waals surface area contributed by atoms with E-state index < -0.39 is 5.97 Å². The molecule has 0 saturated carbocycles. The van der Waals surface area contributed by atoms with Crippen LogP contribution in [0.4, 0.5) is 0 Å². The summed E-state index contributed by atoms with van der Waals surface area (Å²) in [6, 6.07) is 6.89. The molecule has 0 aliphatic carbocycles. The maximum Gasteiger partial charge on any atom is 0.303 e. The van der Waals surface area contributed by atoms with Crippen molar-refractivity contribution in [2.45, 2.75) is 18.9 Å². The number of aliphatic carboxylic acids is 1. The molecule has 15 heavy (non-hydrogen) atoms. The van der Waals surface area contributed by atoms with Crippen molar-refractivity contribution in [3.05, 3.63) is 34.9 Å². The Morgan fingerprint density at radius 1 is 1.40 bits per heavy atom. The average Bonchev–Trinajstić information content (AvgIpc) is 2.15. The fourth-order valence-electron chi connectivity index (χ4n) is 1.16. The van der Waals surface area contributed by atoms with E-state index in [2.05, 4.69) is 0 Å². The molecule has 0 bridgehead atoms. The van der Waals surface area contributed by atoms with E-state index in [4.69, 9.17) is 22.4 Å². The monoisotopic (exact) mass is 249 g/mol. The fraction of sp³-hybridized carbons (Fsp3) is 0.300. The van der Waals surface area contributed by atoms with Gasteiger partial charge in [-0.25, -0.2) is 0 Å². The first-order valence-corrected chi connectivity index (χ1v) is 4.70. The van der Waals surface area contributed by atoms with Crippen molar-refractivity contribution in [3.63, 3.8) is 0 Å². The predicted octanol–water partition coefficient (Wildman–Crippen LogP) is 2.63. The Morgan fingerprint density at radius 2 is 1.93 bits per heavy atom. The summed E-state index contributed by atoms with van der Waals surface area (Å²) >= 11 is 5.71. The van der Waals surface area contributed by atoms with Crippen LogP contribution in [0.25, 0.3) is 0 Å². The van der Waals surface area contributed by atoms with Crippen molar-refractivity contribution in [2.24, 2.45) is 5.73 Å². The Kier molecular flexibility index (Phi) is 6.32. The first-order valence-electron chi connectivity index (χ1n) is 4.32. The van der Waals surface area contributed by atoms with Crippen LogP contribution in [0.3, 0.4) is 0 Å². The highest BCUT2D eigenvalue weighted by atomic mass is 35.5. The molecule has 0 aliphatic heterocycles. The molecule has 0 radical (unpaired) electrons. The zero-order valence-corrected chi connectivity index (χ0v) is 9.59. The summed E-state index contributed by atoms with van der Waals surface area (Å²) in [5, 5.41) is 9.13. The number of benzene rings is 1. The SMILES string of the molecule is Cl.N[C@@H](CCC(=O)O)c1ccc(Cl)cc1. The molecule has 0 aromatic heterocycles. The van der Waals surface area contributed by atoms with Gasteiger partial charge in [-0.2, -0.15) is 0 Å². The third kappa shape index (κ3) is 5.02. The van der Waals surface area contributed by atoms with E-state index in [-0.39, 0.29) is 24.9 Å². The van der Waals surface area contributed by atoms with Crippen molar-refractivity contribution in [2.75, 3.05) is 0 Å². The highest BCUT2D eigenvalue weighted by Crippen LogP contribution is 2.18. The van der Waals surface area contributed by atoms with Gasteiger partial charge in [-0.15, -0.1) is 12.4 Å². The molecule has 5 heteroatoms. The summed E-state index contributed by atoms with van der Waals surface area (Å²) in [7, 11) is 0. The highest BCUT2D eigenvalue weighted by Gasteiger charge is 2.07. The number of carboxylic acid groups (broad SMARTS) is 1. The van der Waals surface area contributed by atoms with Gasteiger partial charge in [-0.1, -0.05) is 23.7 Å². The topological polar surface area (TPSA) is 63.3 Å². The second-order valence-electron chi connectivity index (χ2n) is 3.09. The minimum atomic E-state index is -0.825. The van der Waals surface area contributed by atoms with Crippen LogP contribution in [0.2, 0.25) is 5.02 Å². The molecule has 1 atom stereocenters. The van der Waals surface area contributed by atoms with E-state index in [0.29, 0.717) is 11.4 Å². The van der Waals surface area contributed by atoms with Gasteiger partial charge in [0.1, 0.15) is 0 Å². The van der Waals surface area contributed by atoms with Gasteiger partial charge in [0, 0.05) is 17.5 Å². The summed E-state index contributed by atoms with van der Waals surface area (Å²) in [5.74, 6) is -0.825. The van der Waals surface area contributed by atoms with Crippen LogP contribution in [0, 0.1) is 0 Å². The molecule has 1 aromatic rings. The molecule has 0 heterocycles. The molecule has 0 spiro atoms. The maximum atomic E-state index is 10.3. The van der Waals surface area contributed by atoms with Crippen molar-refractivity contribution in [1.82, 2.24) is 0 Å². The van der Waals surface area contributed by atoms with Gasteiger partial charge in [0.15, 0.2) is 0 Å². The van der Waals surface area contributed by atoms with Crippen LogP contribution in [-0.2, 0) is 4.79 Å². The number of carbonyl (C=O) groups is 1. The molecule has 84 valence electrons. The standard InChI is InChI=1S/C10H12ClNO2.ClH/c11-8-3-1-7(2-4-8)9(12)5-6-10(13)14;/h1-4,9H,5-6,12H2,(H,13,14);1H/t9-;/m0./s1. The summed E-state index contributed by atoms with van der Waals surface area (Å²) < 4.78 is 0. The lowest BCUT2D eigenvalue weighted by atomic mass is 10.0. The molecule has 0 saturated heterocycles. The largest absolute Gasteiger partial charge is 0.481 e. The van der Waals surface area contributed by atoms with E-state index in [1.165, 1.54) is 0 Å². The molecule has 0 amide bonds. The van der Waals surface area contributed by atoms with Gasteiger partial charge in [0.05, 0.1) is 0 Å². The molecule has 1 aromatic carbocycles. The number of nitrogens with two attached hydrogens (primary N) is 1. The maximum absolute atomic E-state index is 10.3. The third-order valence-electron chi connectivity index (χ3n) is 1.97. The normalized spacial score (nSPS) is 11.6. The molecule has 3 nitrogen and oxygen atoms in total. The van der Waals surface area contributed by atoms with Crippen molar-refractivity contribution < 1.29 is 9.90 Å². The average molecular weight is 250 g/mol. The minimum absolute atomic E-state index is 0. The van der Waals surface area contributed by atoms with E-state index >= 15 is 0 Å². The Labute approximate surface area is 99.6 Å². The zero-order chi connectivity index (χ0) is 10.6. The van der Waals surface area contributed by atoms with Gasteiger partial charge >= 0.3 is 5.97 Å². The number of rotatable bonds is 4. The molecule has 0 unspecified atom stereocenters. The number of carboxylic acids is 1. The van der Waals surface area contributed by atoms with Gasteiger partial charge < -0.3 is 10.8 Å². The van der Waals surface area contributed by atoms with Gasteiger partial charge in [0.2, 0.25) is 0 Å². The Balaban J connectivity index is 0.00000196. The van der Waals surface area contributed by atoms with E-state index in [1.54, 1.807) is 12.1 Å². The van der Waals surface area contributed by atoms with E-state index in [9.17, 15) is 4.79 Å². The van der Waals surface area contributed by atoms with Crippen molar-refractivity contribution in [3.8, 4) is 0 Å². The van der Waals surface area contributed by atoms with Crippen LogP contribution >= 0.6 is 24.0 Å². The smallest absolute Gasteiger partial charge is 0.303 e. The second kappa shape index (κ2) is 6.67. The quantitative estimate of drug-likeness (QED) is 0.863. The number of halogens is 2. The molecular formula is C10H13Cl2NO2. The summed E-state index contributed by atoms with van der Waals surface area (Å²) in [5.41, 5.74) is 6.70. The van der Waals surface area contributed by atoms with Crippen LogP contribution < -0.4 is 5.73 Å². The number of hydrogen-bond acceptors (Lipinski definition) is 2. The third-order valence-corrected chi connectivity index (χ3v) is 2.22. The second-order valence-corrected chi connectivity index (χ2v) is 3.53. The lowest BCUT2D eigenvalue weighted by molar-refractivity contribution is -0.137. The van der Waals surface area contributed by atoms with Crippen LogP contribution in [0.15, 0.2) is 24.3 Å². The Bertz CT molecular complexity index is 314. The Morgan fingerprint density at radius 3 is 2.40 bits per heavy atom. The van der Waals surface area contributed by atoms with E-state index in [0.717, 1.165) is 5.56 Å². The number of hydrogen-bond donors (Lipinski definition) is 2. The molecule has 3 N–H and O–H groups in total. The van der Waals surface area contributed by atoms with Gasteiger partial charge in [0.25, 0.3) is 0 Å². The van der Waals surface area contributed by atoms with Crippen molar-refractivity contribution in [1.29, 1.82) is 0 Å². The molecule has 1 rings (SSSR count). The summed E-state index contributed by atoms with van der Waals surface area (Å²) in [4.78, 5) is 10.3. The van der Waals surface area contributed by atoms with E-state index in [1.807, 2.05) is 12.1 Å². The Hall–Kier alpha value is -0.770. The molecule has 0 aliphatic rings. The van der Waals surface area contributed by atoms with Crippen LogP contribution in [-0.4, -0.2) is 11.1 Å². The van der Waals surface area contributed by atoms with Gasteiger partial charge in [-0.3, -0.25) is 4.79 Å². The first kappa shape index (κ1) is 14.2. The fourth-order valence-corrected chi connectivity index (χ4v) is 1.28. The molecular weight excluding hydrogens is 237 g/mol. The highest BCUT2D eigenvalue weighted by molar-refractivity contribution is 6.30. The molecule has 0 fully saturated rings. The lowest BCUT2D eigenvalue weighted by Crippen LogP contribution is -2.11. The van der Waals surface area contributed by atoms with Crippen molar-refractivity contribution >= 4 is 30.0 Å². The lowest BCUT2D eigenvalue weighted by Gasteiger charge is -2.10. The summed E-state index contributed by atoms with van der Waals surface area (Å²) in [6.45, 7) is 0. The van der Waals surface area contributed by atoms with Crippen LogP contribution in [0.1, 0.15) is 24.4 Å². The minimum Gasteiger partial charge on any atom is -0.481 e.